The quantitative estimate of drug-likeness (QED) is 0.0264. The van der Waals surface area contributed by atoms with E-state index in [2.05, 4.69) is 60.7 Å². The largest absolute Gasteiger partial charge is 0.395 e. The van der Waals surface area contributed by atoms with Crippen molar-refractivity contribution in [3.05, 3.63) is 238 Å². The summed E-state index contributed by atoms with van der Waals surface area (Å²) in [6, 6.07) is 51.5. The Balaban J connectivity index is 0.000000231. The lowest BCUT2D eigenvalue weighted by Crippen LogP contribution is -2.29. The van der Waals surface area contributed by atoms with Gasteiger partial charge in [-0.15, -0.1) is 0 Å². The SMILES string of the molecule is C=S(=O)(c1cccc(C(=O)Nc2ccc(F)cc2)c1)N(C)CCO.C=S(=O)(c1cccc(C(=O)Nc2cccc(Br)c2)c1)N(C)CCO.C=S(=O)(c1cccc(C(=O)Nc2cccc(C)c2)c1)N(C)CCO.C=S(=O)(c1cccc(C(=O)Nc2cccc(F)c2)c1)N(C)CCO. The molecule has 8 rings (SSSR count). The number of carbonyl (C=O) groups excluding carboxylic acids is 4. The lowest BCUT2D eigenvalue weighted by molar-refractivity contribution is 0.101. The molecule has 0 aromatic heterocycles. The van der Waals surface area contributed by atoms with Crippen LogP contribution >= 0.6 is 15.9 Å². The summed E-state index contributed by atoms with van der Waals surface area (Å²) in [5, 5.41) is 46.9. The maximum atomic E-state index is 13.2. The van der Waals surface area contributed by atoms with Crippen LogP contribution in [0.2, 0.25) is 0 Å². The number of nitrogens with zero attached hydrogens (tertiary/aromatic N) is 4. The van der Waals surface area contributed by atoms with Crippen molar-refractivity contribution < 1.29 is 65.2 Å². The van der Waals surface area contributed by atoms with Crippen molar-refractivity contribution in [3.63, 3.8) is 0 Å². The molecule has 4 atom stereocenters. The van der Waals surface area contributed by atoms with Crippen molar-refractivity contribution >= 4 is 125 Å². The van der Waals surface area contributed by atoms with Crippen LogP contribution in [0.3, 0.4) is 0 Å². The van der Waals surface area contributed by atoms with Crippen LogP contribution in [0.1, 0.15) is 47.0 Å². The Kier molecular flexibility index (Phi) is 30.0. The minimum absolute atomic E-state index is 0.115. The van der Waals surface area contributed by atoms with E-state index in [0.29, 0.717) is 59.0 Å². The molecular weight excluding hydrogens is 1380 g/mol. The zero-order valence-electron chi connectivity index (χ0n) is 53.6. The normalized spacial score (nSPS) is 13.5. The minimum atomic E-state index is -2.80. The number of likely N-dealkylation sites (N-methyl/N-ethyl adjacent to an activating group) is 4. The van der Waals surface area contributed by atoms with Crippen molar-refractivity contribution in [3.8, 4) is 0 Å². The highest BCUT2D eigenvalue weighted by Gasteiger charge is 2.21. The van der Waals surface area contributed by atoms with Gasteiger partial charge >= 0.3 is 0 Å². The number of halogens is 3. The predicted octanol–water partition coefficient (Wildman–Crippen LogP) is 8.76. The molecule has 8 N–H and O–H groups in total. The van der Waals surface area contributed by atoms with Crippen LogP contribution in [0, 0.1) is 18.6 Å². The second-order valence-corrected chi connectivity index (χ2v) is 31.6. The number of hydrogen-bond acceptors (Lipinski definition) is 12. The van der Waals surface area contributed by atoms with E-state index in [4.69, 9.17) is 20.4 Å². The Morgan fingerprint density at radius 2 is 0.656 bits per heavy atom. The Morgan fingerprint density at radius 3 is 0.958 bits per heavy atom. The number of benzene rings is 8. The standard InChI is InChI=1S/C18H22N2O3S.C17H19BrN2O3S.2C17H19FN2O3S/c1-14-6-4-8-16(12-14)19-18(22)15-7-5-9-17(13-15)24(3,23)20(2)10-11-21;2*1-20(9-10-21)24(2,23)16-8-3-5-13(11-16)17(22)19-15-7-4-6-14(18)12-15;1-20(10-11-21)24(2,23)16-5-3-4-13(12-16)17(22)19-15-8-6-14(18)7-9-15/h4-9,12-13,21H,3,10-11H2,1-2H3,(H,19,22);2*3-8,11-12,21H,2,9-10H2,1H3,(H,19,22);3-9,12,21H,2,10-11H2,1H3,(H,19,22). The first-order chi connectivity index (χ1) is 45.4. The van der Waals surface area contributed by atoms with Crippen molar-refractivity contribution in [2.75, 3.05) is 102 Å². The van der Waals surface area contributed by atoms with E-state index in [0.717, 1.165) is 10.0 Å². The van der Waals surface area contributed by atoms with Gasteiger partial charge in [-0.1, -0.05) is 64.5 Å². The van der Waals surface area contributed by atoms with Gasteiger partial charge in [-0.3, -0.25) is 19.2 Å². The maximum Gasteiger partial charge on any atom is 0.255 e. The molecule has 0 heterocycles. The topological polar surface area (TPSA) is 279 Å². The van der Waals surface area contributed by atoms with Gasteiger partial charge in [0.05, 0.1) is 65.3 Å². The predicted molar refractivity (Wildman–Crippen MR) is 389 cm³/mol. The first kappa shape index (κ1) is 78.4. The van der Waals surface area contributed by atoms with Crippen molar-refractivity contribution in [2.45, 2.75) is 26.5 Å². The van der Waals surface area contributed by atoms with Gasteiger partial charge in [-0.25, -0.2) is 42.8 Å². The van der Waals surface area contributed by atoms with E-state index < -0.39 is 62.3 Å². The maximum absolute atomic E-state index is 13.2. The third-order valence-corrected chi connectivity index (χ3v) is 23.3. The van der Waals surface area contributed by atoms with Crippen LogP contribution < -0.4 is 21.3 Å². The van der Waals surface area contributed by atoms with Gasteiger partial charge in [-0.05, 0) is 210 Å². The molecule has 0 bridgehead atoms. The number of amides is 4. The summed E-state index contributed by atoms with van der Waals surface area (Å²) >= 11 is 3.35. The van der Waals surface area contributed by atoms with E-state index in [1.807, 2.05) is 43.3 Å². The fourth-order valence-corrected chi connectivity index (χ4v) is 14.2. The molecule has 8 aromatic rings. The molecule has 4 amide bonds. The van der Waals surface area contributed by atoms with Gasteiger partial charge in [0.1, 0.15) is 11.6 Å². The number of anilines is 4. The number of aryl methyl sites for hydroxylation is 1. The molecule has 512 valence electrons. The van der Waals surface area contributed by atoms with Gasteiger partial charge in [-0.2, -0.15) is 0 Å². The monoisotopic (exact) mass is 1460 g/mol. The molecule has 20 nitrogen and oxygen atoms in total. The first-order valence-electron chi connectivity index (χ1n) is 29.1. The summed E-state index contributed by atoms with van der Waals surface area (Å²) in [4.78, 5) is 51.1. The van der Waals surface area contributed by atoms with E-state index in [-0.39, 0.29) is 70.0 Å². The lowest BCUT2D eigenvalue weighted by atomic mass is 10.2. The Hall–Kier alpha value is -8.26. The molecule has 27 heteroatoms. The molecule has 0 aliphatic carbocycles. The molecule has 4 unspecified atom stereocenters. The summed E-state index contributed by atoms with van der Waals surface area (Å²) in [6.07, 6.45) is 0. The number of carbonyl (C=O) groups is 4. The Labute approximate surface area is 569 Å². The highest BCUT2D eigenvalue weighted by Crippen LogP contribution is 2.23. The number of nitrogens with one attached hydrogen (secondary N) is 4. The molecule has 0 aliphatic rings. The summed E-state index contributed by atoms with van der Waals surface area (Å²) < 4.78 is 84.0. The third kappa shape index (κ3) is 23.0. The van der Waals surface area contributed by atoms with Crippen LogP contribution in [0.5, 0.6) is 0 Å². The van der Waals surface area contributed by atoms with Crippen LogP contribution in [0.4, 0.5) is 31.5 Å². The second-order valence-electron chi connectivity index (χ2n) is 21.2. The molecule has 8 aromatic carbocycles. The van der Waals surface area contributed by atoms with Crippen LogP contribution in [-0.2, 0) is 38.8 Å². The summed E-state index contributed by atoms with van der Waals surface area (Å²) in [6.45, 7) is 2.29. The average molecular weight is 1460 g/mol. The van der Waals surface area contributed by atoms with E-state index in [1.54, 1.807) is 131 Å². The highest BCUT2D eigenvalue weighted by atomic mass is 79.9. The van der Waals surface area contributed by atoms with E-state index in [9.17, 15) is 44.8 Å². The van der Waals surface area contributed by atoms with Gasteiger partial charge in [0.25, 0.3) is 23.6 Å². The zero-order chi connectivity index (χ0) is 71.0. The number of aliphatic hydroxyl groups excluding tert-OH is 4. The Morgan fingerprint density at radius 1 is 0.375 bits per heavy atom. The summed E-state index contributed by atoms with van der Waals surface area (Å²) in [5.74, 6) is 12.7. The molecule has 0 aliphatic heterocycles. The van der Waals surface area contributed by atoms with Crippen LogP contribution in [-0.4, -0.2) is 182 Å². The first-order valence-corrected chi connectivity index (χ1v) is 36.7. The molecule has 0 fully saturated rings. The van der Waals surface area contributed by atoms with Gasteiger partial charge < -0.3 is 41.7 Å². The summed E-state index contributed by atoms with van der Waals surface area (Å²) in [7, 11) is -4.65. The second kappa shape index (κ2) is 36.7. The lowest BCUT2D eigenvalue weighted by Gasteiger charge is -2.21. The molecule has 96 heavy (non-hydrogen) atoms. The smallest absolute Gasteiger partial charge is 0.255 e. The molecule has 0 spiro atoms. The number of aliphatic hydroxyl groups is 4. The Bertz CT molecular complexity index is 4120. The summed E-state index contributed by atoms with van der Waals surface area (Å²) in [5.41, 5.74) is 4.59. The molecular formula is C69H79BrF2N8O12S4. The van der Waals surface area contributed by atoms with Gasteiger partial charge in [0.15, 0.2) is 0 Å². The minimum Gasteiger partial charge on any atom is -0.395 e. The average Bonchev–Trinajstić information content (AvgIpc) is 0.837. The van der Waals surface area contributed by atoms with Crippen molar-refractivity contribution in [1.29, 1.82) is 0 Å². The molecule has 0 saturated carbocycles. The fourth-order valence-electron chi connectivity index (χ4n) is 8.42. The van der Waals surface area contributed by atoms with Crippen LogP contribution in [0.25, 0.3) is 0 Å². The van der Waals surface area contributed by atoms with E-state index in [1.165, 1.54) is 71.8 Å². The van der Waals surface area contributed by atoms with Crippen molar-refractivity contribution in [1.82, 2.24) is 17.2 Å². The number of hydrogen-bond donors (Lipinski definition) is 8. The fraction of sp³-hybridized carbons (Fsp3) is 0.188. The van der Waals surface area contributed by atoms with Crippen molar-refractivity contribution in [2.24, 2.45) is 0 Å². The highest BCUT2D eigenvalue weighted by molar-refractivity contribution is 9.10. The molecule has 0 radical (unpaired) electrons. The third-order valence-electron chi connectivity index (χ3n) is 14.1. The van der Waals surface area contributed by atoms with Gasteiger partial charge in [0.2, 0.25) is 0 Å². The van der Waals surface area contributed by atoms with Crippen LogP contribution in [0.15, 0.2) is 218 Å². The van der Waals surface area contributed by atoms with Gasteiger partial charge in [0, 0.05) is 95.2 Å². The molecule has 0 saturated heterocycles. The van der Waals surface area contributed by atoms with E-state index >= 15 is 0 Å². The number of rotatable bonds is 24. The zero-order valence-corrected chi connectivity index (χ0v) is 58.4.